The number of aromatic nitrogens is 1. The topological polar surface area (TPSA) is 68.0 Å². The summed E-state index contributed by atoms with van der Waals surface area (Å²) in [7, 11) is 0. The molecule has 2 rings (SSSR count). The summed E-state index contributed by atoms with van der Waals surface area (Å²) in [5, 5.41) is 5.49. The number of amides is 1. The molecule has 1 amide bonds. The van der Waals surface area contributed by atoms with Gasteiger partial charge in [-0.25, -0.2) is 4.98 Å². The fourth-order valence-corrected chi connectivity index (χ4v) is 2.71. The lowest BCUT2D eigenvalue weighted by atomic mass is 9.94. The first-order valence-corrected chi connectivity index (χ1v) is 7.82. The standard InChI is InChI=1S/C14H16BrN3OS/c1-14(2,9-3-5-10(15)6-4-9)18-13(19)11-8-20-12(7-16)17-11/h3-6,8H,7,16H2,1-2H3,(H,18,19). The summed E-state index contributed by atoms with van der Waals surface area (Å²) in [5.74, 6) is -0.186. The number of benzene rings is 1. The molecule has 1 heterocycles. The highest BCUT2D eigenvalue weighted by Gasteiger charge is 2.24. The average Bonchev–Trinajstić information content (AvgIpc) is 2.87. The van der Waals surface area contributed by atoms with Crippen molar-refractivity contribution in [2.45, 2.75) is 25.9 Å². The van der Waals surface area contributed by atoms with E-state index in [1.165, 1.54) is 11.3 Å². The summed E-state index contributed by atoms with van der Waals surface area (Å²) in [5.41, 5.74) is 6.49. The van der Waals surface area contributed by atoms with E-state index in [-0.39, 0.29) is 5.91 Å². The largest absolute Gasteiger partial charge is 0.342 e. The second-order valence-corrected chi connectivity index (χ2v) is 6.77. The van der Waals surface area contributed by atoms with Crippen molar-refractivity contribution in [2.75, 3.05) is 0 Å². The van der Waals surface area contributed by atoms with Crippen LogP contribution in [0.15, 0.2) is 34.1 Å². The third kappa shape index (κ3) is 3.45. The van der Waals surface area contributed by atoms with Gasteiger partial charge in [0, 0.05) is 16.4 Å². The Labute approximate surface area is 130 Å². The molecule has 0 saturated heterocycles. The first-order valence-electron chi connectivity index (χ1n) is 6.15. The molecule has 0 spiro atoms. The van der Waals surface area contributed by atoms with Crippen LogP contribution < -0.4 is 11.1 Å². The van der Waals surface area contributed by atoms with E-state index in [0.717, 1.165) is 15.0 Å². The molecule has 2 aromatic rings. The van der Waals surface area contributed by atoms with E-state index >= 15 is 0 Å². The van der Waals surface area contributed by atoms with Crippen molar-refractivity contribution in [1.29, 1.82) is 0 Å². The zero-order valence-corrected chi connectivity index (χ0v) is 13.7. The summed E-state index contributed by atoms with van der Waals surface area (Å²) < 4.78 is 1.01. The summed E-state index contributed by atoms with van der Waals surface area (Å²) >= 11 is 4.80. The summed E-state index contributed by atoms with van der Waals surface area (Å²) in [6, 6.07) is 7.88. The number of carbonyl (C=O) groups is 1. The Morgan fingerprint density at radius 1 is 1.40 bits per heavy atom. The summed E-state index contributed by atoms with van der Waals surface area (Å²) in [6.45, 7) is 4.28. The van der Waals surface area contributed by atoms with Crippen LogP contribution in [0.1, 0.15) is 34.9 Å². The van der Waals surface area contributed by atoms with Gasteiger partial charge in [0.2, 0.25) is 0 Å². The van der Waals surface area contributed by atoms with E-state index in [1.54, 1.807) is 5.38 Å². The van der Waals surface area contributed by atoms with E-state index in [9.17, 15) is 4.79 Å². The van der Waals surface area contributed by atoms with Crippen LogP contribution in [0.25, 0.3) is 0 Å². The van der Waals surface area contributed by atoms with Gasteiger partial charge in [0.15, 0.2) is 0 Å². The highest BCUT2D eigenvalue weighted by Crippen LogP contribution is 2.23. The lowest BCUT2D eigenvalue weighted by molar-refractivity contribution is 0.0907. The molecule has 0 aliphatic heterocycles. The normalized spacial score (nSPS) is 11.4. The first-order chi connectivity index (χ1) is 9.42. The lowest BCUT2D eigenvalue weighted by Crippen LogP contribution is -2.41. The molecular formula is C14H16BrN3OS. The smallest absolute Gasteiger partial charge is 0.271 e. The van der Waals surface area contributed by atoms with Gasteiger partial charge in [0.25, 0.3) is 5.91 Å². The average molecular weight is 354 g/mol. The highest BCUT2D eigenvalue weighted by atomic mass is 79.9. The Bertz CT molecular complexity index is 607. The van der Waals surface area contributed by atoms with E-state index in [2.05, 4.69) is 26.2 Å². The van der Waals surface area contributed by atoms with Crippen LogP contribution in [0.4, 0.5) is 0 Å². The monoisotopic (exact) mass is 353 g/mol. The predicted molar refractivity (Wildman–Crippen MR) is 84.6 cm³/mol. The van der Waals surface area contributed by atoms with Crippen LogP contribution >= 0.6 is 27.3 Å². The number of hydrogen-bond donors (Lipinski definition) is 2. The third-order valence-corrected chi connectivity index (χ3v) is 4.35. The van der Waals surface area contributed by atoms with Crippen LogP contribution in [0.5, 0.6) is 0 Å². The molecular weight excluding hydrogens is 338 g/mol. The van der Waals surface area contributed by atoms with Crippen molar-refractivity contribution < 1.29 is 4.79 Å². The van der Waals surface area contributed by atoms with Gasteiger partial charge in [-0.15, -0.1) is 11.3 Å². The maximum atomic E-state index is 12.2. The number of nitrogens with one attached hydrogen (secondary N) is 1. The second-order valence-electron chi connectivity index (χ2n) is 4.92. The SMILES string of the molecule is CC(C)(NC(=O)c1csc(CN)n1)c1ccc(Br)cc1. The van der Waals surface area contributed by atoms with Crippen molar-refractivity contribution in [3.05, 3.63) is 50.4 Å². The minimum atomic E-state index is -0.468. The number of halogens is 1. The number of thiazole rings is 1. The van der Waals surface area contributed by atoms with Gasteiger partial charge < -0.3 is 11.1 Å². The van der Waals surface area contributed by atoms with Crippen LogP contribution in [-0.2, 0) is 12.1 Å². The van der Waals surface area contributed by atoms with Crippen LogP contribution in [0, 0.1) is 0 Å². The number of hydrogen-bond acceptors (Lipinski definition) is 4. The molecule has 0 aliphatic carbocycles. The van der Waals surface area contributed by atoms with E-state index < -0.39 is 5.54 Å². The van der Waals surface area contributed by atoms with Crippen molar-refractivity contribution >= 4 is 33.2 Å². The van der Waals surface area contributed by atoms with Crippen molar-refractivity contribution in [2.24, 2.45) is 5.73 Å². The van der Waals surface area contributed by atoms with E-state index in [1.807, 2.05) is 38.1 Å². The Hall–Kier alpha value is -1.24. The van der Waals surface area contributed by atoms with Gasteiger partial charge in [-0.05, 0) is 31.5 Å². The Kier molecular flexibility index (Phi) is 4.57. The molecule has 4 nitrogen and oxygen atoms in total. The highest BCUT2D eigenvalue weighted by molar-refractivity contribution is 9.10. The Balaban J connectivity index is 2.14. The first kappa shape index (κ1) is 15.2. The lowest BCUT2D eigenvalue weighted by Gasteiger charge is -2.26. The van der Waals surface area contributed by atoms with Crippen molar-refractivity contribution in [1.82, 2.24) is 10.3 Å². The molecule has 0 saturated carbocycles. The molecule has 1 aromatic carbocycles. The molecule has 20 heavy (non-hydrogen) atoms. The number of nitrogens with zero attached hydrogens (tertiary/aromatic N) is 1. The van der Waals surface area contributed by atoms with Gasteiger partial charge >= 0.3 is 0 Å². The predicted octanol–water partition coefficient (Wildman–Crippen LogP) is 3.03. The number of nitrogens with two attached hydrogens (primary N) is 1. The molecule has 1 aromatic heterocycles. The molecule has 0 unspecified atom stereocenters. The molecule has 0 fully saturated rings. The van der Waals surface area contributed by atoms with Gasteiger partial charge in [-0.3, -0.25) is 4.79 Å². The van der Waals surface area contributed by atoms with Gasteiger partial charge in [0.1, 0.15) is 10.7 Å². The second kappa shape index (κ2) is 6.03. The minimum absolute atomic E-state index is 0.186. The van der Waals surface area contributed by atoms with E-state index in [0.29, 0.717) is 12.2 Å². The molecule has 6 heteroatoms. The summed E-state index contributed by atoms with van der Waals surface area (Å²) in [6.07, 6.45) is 0. The van der Waals surface area contributed by atoms with Crippen LogP contribution in [0.2, 0.25) is 0 Å². The number of carbonyl (C=O) groups excluding carboxylic acids is 1. The molecule has 0 aliphatic rings. The maximum Gasteiger partial charge on any atom is 0.271 e. The zero-order chi connectivity index (χ0) is 14.8. The minimum Gasteiger partial charge on any atom is -0.342 e. The number of rotatable bonds is 4. The van der Waals surface area contributed by atoms with Crippen LogP contribution in [-0.4, -0.2) is 10.9 Å². The summed E-state index contributed by atoms with van der Waals surface area (Å²) in [4.78, 5) is 16.4. The fourth-order valence-electron chi connectivity index (χ4n) is 1.80. The van der Waals surface area contributed by atoms with Crippen molar-refractivity contribution in [3.63, 3.8) is 0 Å². The van der Waals surface area contributed by atoms with Gasteiger partial charge in [0.05, 0.1) is 5.54 Å². The third-order valence-electron chi connectivity index (χ3n) is 2.95. The zero-order valence-electron chi connectivity index (χ0n) is 11.3. The van der Waals surface area contributed by atoms with Gasteiger partial charge in [-0.2, -0.15) is 0 Å². The quantitative estimate of drug-likeness (QED) is 0.887. The molecule has 0 atom stereocenters. The van der Waals surface area contributed by atoms with Crippen molar-refractivity contribution in [3.8, 4) is 0 Å². The molecule has 3 N–H and O–H groups in total. The van der Waals surface area contributed by atoms with Gasteiger partial charge in [-0.1, -0.05) is 28.1 Å². The molecule has 106 valence electrons. The van der Waals surface area contributed by atoms with E-state index in [4.69, 9.17) is 5.73 Å². The fraction of sp³-hybridized carbons (Fsp3) is 0.286. The molecule has 0 bridgehead atoms. The molecule has 0 radical (unpaired) electrons. The Morgan fingerprint density at radius 2 is 2.05 bits per heavy atom. The maximum absolute atomic E-state index is 12.2. The Morgan fingerprint density at radius 3 is 2.60 bits per heavy atom. The van der Waals surface area contributed by atoms with Crippen LogP contribution in [0.3, 0.4) is 0 Å².